The van der Waals surface area contributed by atoms with Crippen LogP contribution in [0.25, 0.3) is 11.4 Å². The van der Waals surface area contributed by atoms with Crippen LogP contribution >= 0.6 is 7.37 Å². The average Bonchev–Trinajstić information content (AvgIpc) is 3.34. The number of aryl methyl sites for hydroxylation is 1. The van der Waals surface area contributed by atoms with Gasteiger partial charge in [0, 0.05) is 57.3 Å². The second-order valence-corrected chi connectivity index (χ2v) is 16.4. The van der Waals surface area contributed by atoms with Crippen molar-refractivity contribution >= 4 is 25.5 Å². The van der Waals surface area contributed by atoms with Gasteiger partial charge in [0.2, 0.25) is 7.37 Å². The van der Waals surface area contributed by atoms with E-state index in [0.717, 1.165) is 21.9 Å². The molecule has 2 aromatic rings. The lowest BCUT2D eigenvalue weighted by atomic mass is 9.98. The van der Waals surface area contributed by atoms with Crippen molar-refractivity contribution in [2.75, 3.05) is 32.4 Å². The number of nitrogens with zero attached hydrogens (tertiary/aromatic N) is 4. The molecule has 1 aromatic heterocycles. The van der Waals surface area contributed by atoms with Crippen LogP contribution in [0.3, 0.4) is 0 Å². The number of rotatable bonds is 11. The molecule has 45 heavy (non-hydrogen) atoms. The van der Waals surface area contributed by atoms with Gasteiger partial charge in [0.1, 0.15) is 17.0 Å². The second kappa shape index (κ2) is 14.5. The Morgan fingerprint density at radius 2 is 1.67 bits per heavy atom. The lowest BCUT2D eigenvalue weighted by Crippen LogP contribution is -2.54. The highest BCUT2D eigenvalue weighted by Crippen LogP contribution is 2.63. The van der Waals surface area contributed by atoms with E-state index in [4.69, 9.17) is 14.0 Å². The number of carbonyl (C=O) groups is 3. The van der Waals surface area contributed by atoms with Crippen LogP contribution in [0.4, 0.5) is 9.59 Å². The van der Waals surface area contributed by atoms with Gasteiger partial charge in [-0.25, -0.2) is 19.5 Å². The highest BCUT2D eigenvalue weighted by molar-refractivity contribution is 7.62. The number of amides is 2. The number of aromatic nitrogens is 2. The molecule has 0 aliphatic carbocycles. The zero-order valence-electron chi connectivity index (χ0n) is 27.9. The third-order valence-electron chi connectivity index (χ3n) is 7.51. The van der Waals surface area contributed by atoms with Crippen molar-refractivity contribution in [2.45, 2.75) is 90.6 Å². The average molecular weight is 649 g/mol. The first-order valence-corrected chi connectivity index (χ1v) is 17.2. The van der Waals surface area contributed by atoms with Crippen LogP contribution in [0.1, 0.15) is 73.3 Å². The van der Waals surface area contributed by atoms with Crippen molar-refractivity contribution in [2.24, 2.45) is 7.05 Å². The van der Waals surface area contributed by atoms with Crippen molar-refractivity contribution in [3.05, 3.63) is 42.2 Å². The van der Waals surface area contributed by atoms with Crippen LogP contribution in [0.2, 0.25) is 0 Å². The normalized spacial score (nSPS) is 20.9. The zero-order chi connectivity index (χ0) is 33.6. The Balaban J connectivity index is 1.82. The van der Waals surface area contributed by atoms with Gasteiger partial charge in [-0.3, -0.25) is 14.3 Å². The Hall–Kier alpha value is -3.21. The van der Waals surface area contributed by atoms with Gasteiger partial charge < -0.3 is 23.7 Å². The van der Waals surface area contributed by atoms with Crippen LogP contribution < -0.4 is 0 Å². The molecule has 250 valence electrons. The topological polar surface area (TPSA) is 140 Å². The van der Waals surface area contributed by atoms with E-state index in [1.807, 2.05) is 47.0 Å². The lowest BCUT2D eigenvalue weighted by Gasteiger charge is -2.45. The monoisotopic (exact) mass is 648 g/mol. The summed E-state index contributed by atoms with van der Waals surface area (Å²) in [5, 5.41) is 9.00. The summed E-state index contributed by atoms with van der Waals surface area (Å²) in [6, 6.07) is 7.85. The van der Waals surface area contributed by atoms with E-state index in [9.17, 15) is 24.1 Å². The molecule has 0 saturated carbocycles. The molecule has 0 bridgehead atoms. The molecule has 13 heteroatoms. The summed E-state index contributed by atoms with van der Waals surface area (Å²) in [5.41, 5.74) is 0.239. The van der Waals surface area contributed by atoms with Crippen molar-refractivity contribution in [1.29, 1.82) is 0 Å². The molecule has 12 nitrogen and oxygen atoms in total. The van der Waals surface area contributed by atoms with Gasteiger partial charge in [0.05, 0.1) is 6.61 Å². The van der Waals surface area contributed by atoms with E-state index in [1.54, 1.807) is 54.7 Å². The molecule has 0 spiro atoms. The predicted molar refractivity (Wildman–Crippen MR) is 171 cm³/mol. The number of carboxylic acid groups (broad SMARTS) is 1. The largest absolute Gasteiger partial charge is 0.480 e. The molecule has 1 saturated heterocycles. The molecule has 0 radical (unpaired) electrons. The fraction of sp³-hybridized carbons (Fsp3) is 0.625. The number of aliphatic carboxylic acids is 1. The molecule has 3 rings (SSSR count). The van der Waals surface area contributed by atoms with Crippen molar-refractivity contribution in [3.8, 4) is 11.4 Å². The summed E-state index contributed by atoms with van der Waals surface area (Å²) in [6.45, 7) is 12.8. The minimum atomic E-state index is -3.63. The summed E-state index contributed by atoms with van der Waals surface area (Å²) >= 11 is 0. The molecule has 1 fully saturated rings. The van der Waals surface area contributed by atoms with E-state index in [-0.39, 0.29) is 45.1 Å². The number of imidazole rings is 1. The molecule has 2 heterocycles. The summed E-state index contributed by atoms with van der Waals surface area (Å²) in [4.78, 5) is 46.3. The van der Waals surface area contributed by atoms with Crippen LogP contribution in [-0.4, -0.2) is 91.4 Å². The molecule has 1 N–H and O–H groups in total. The highest BCUT2D eigenvalue weighted by Gasteiger charge is 2.58. The van der Waals surface area contributed by atoms with Crippen LogP contribution in [0.5, 0.6) is 0 Å². The Morgan fingerprint density at radius 3 is 2.20 bits per heavy atom. The number of hydrogen-bond donors (Lipinski definition) is 1. The summed E-state index contributed by atoms with van der Waals surface area (Å²) in [6.07, 6.45) is 2.55. The maximum atomic E-state index is 14.3. The van der Waals surface area contributed by atoms with Gasteiger partial charge in [-0.05, 0) is 73.3 Å². The highest BCUT2D eigenvalue weighted by atomic mass is 31.2. The van der Waals surface area contributed by atoms with Gasteiger partial charge in [0.15, 0.2) is 5.16 Å². The molecule has 1 aromatic carbocycles. The Kier molecular flexibility index (Phi) is 11.7. The minimum absolute atomic E-state index is 0.0242. The fourth-order valence-corrected chi connectivity index (χ4v) is 8.44. The SMILES string of the molecule is CCOP1(=O)CCN(Cc2ccccc2-c2nccn2C)CC1(CCCCN(C(=O)OC(C)(C)C)C(=O)OC(C)(C)C)C(=O)O. The van der Waals surface area contributed by atoms with E-state index >= 15 is 0 Å². The van der Waals surface area contributed by atoms with Crippen LogP contribution in [0, 0.1) is 0 Å². The Bertz CT molecular complexity index is 1370. The van der Waals surface area contributed by atoms with E-state index in [0.29, 0.717) is 13.1 Å². The first-order chi connectivity index (χ1) is 20.9. The molecular weight excluding hydrogens is 599 g/mol. The molecule has 2 atom stereocenters. The molecule has 1 aliphatic heterocycles. The quantitative estimate of drug-likeness (QED) is 0.215. The molecular formula is C32H49N4O8P. The maximum Gasteiger partial charge on any atom is 0.419 e. The third kappa shape index (κ3) is 9.17. The first-order valence-electron chi connectivity index (χ1n) is 15.4. The van der Waals surface area contributed by atoms with Gasteiger partial charge >= 0.3 is 18.2 Å². The minimum Gasteiger partial charge on any atom is -0.480 e. The molecule has 1 aliphatic rings. The predicted octanol–water partition coefficient (Wildman–Crippen LogP) is 6.38. The maximum absolute atomic E-state index is 14.3. The van der Waals surface area contributed by atoms with Crippen molar-refractivity contribution in [3.63, 3.8) is 0 Å². The van der Waals surface area contributed by atoms with E-state index < -0.39 is 41.9 Å². The van der Waals surface area contributed by atoms with Gasteiger partial charge in [-0.1, -0.05) is 24.3 Å². The van der Waals surface area contributed by atoms with Crippen molar-refractivity contribution < 1.29 is 38.1 Å². The first kappa shape index (κ1) is 36.3. The van der Waals surface area contributed by atoms with Gasteiger partial charge in [-0.2, -0.15) is 0 Å². The summed E-state index contributed by atoms with van der Waals surface area (Å²) < 4.78 is 32.9. The third-order valence-corrected chi connectivity index (χ3v) is 10.8. The lowest BCUT2D eigenvalue weighted by molar-refractivity contribution is -0.141. The molecule has 2 amide bonds. The van der Waals surface area contributed by atoms with Crippen LogP contribution in [-0.2, 0) is 36.9 Å². The standard InChI is InChI=1S/C32H49N4O8P/c1-9-42-45(41)21-20-35(22-24-14-10-11-15-25(24)26-33-17-19-34(26)8)23-32(45,27(37)38)16-12-13-18-36(28(39)43-30(2,3)4)29(40)44-31(5,6)7/h10-11,14-15,17,19H,9,12-13,16,18,20-23H2,1-8H3,(H,37,38). The number of carbonyl (C=O) groups excluding carboxylic acids is 2. The second-order valence-electron chi connectivity index (χ2n) is 13.5. The number of hydrogen-bond acceptors (Lipinski definition) is 9. The number of carboxylic acids is 1. The zero-order valence-corrected chi connectivity index (χ0v) is 28.8. The fourth-order valence-electron chi connectivity index (χ4n) is 5.47. The van der Waals surface area contributed by atoms with E-state index in [1.165, 1.54) is 0 Å². The van der Waals surface area contributed by atoms with Gasteiger partial charge in [-0.15, -0.1) is 0 Å². The number of ether oxygens (including phenoxy) is 2. The Morgan fingerprint density at radius 1 is 1.04 bits per heavy atom. The molecule has 2 unspecified atom stereocenters. The summed E-state index contributed by atoms with van der Waals surface area (Å²) in [5.74, 6) is -0.385. The van der Waals surface area contributed by atoms with Gasteiger partial charge in [0.25, 0.3) is 0 Å². The Labute approximate surface area is 266 Å². The summed E-state index contributed by atoms with van der Waals surface area (Å²) in [7, 11) is -1.72. The smallest absolute Gasteiger partial charge is 0.419 e. The van der Waals surface area contributed by atoms with Crippen LogP contribution in [0.15, 0.2) is 36.7 Å². The van der Waals surface area contributed by atoms with E-state index in [2.05, 4.69) is 4.98 Å². The van der Waals surface area contributed by atoms with Crippen molar-refractivity contribution in [1.82, 2.24) is 19.4 Å². The number of benzene rings is 1. The number of imide groups is 1. The number of unbranched alkanes of at least 4 members (excludes halogenated alkanes) is 1.